The maximum atomic E-state index is 11.2. The summed E-state index contributed by atoms with van der Waals surface area (Å²) in [4.78, 5) is 0. The minimum atomic E-state index is 0.488. The van der Waals surface area contributed by atoms with Gasteiger partial charge in [-0.2, -0.15) is 5.26 Å². The van der Waals surface area contributed by atoms with Crippen LogP contribution < -0.4 is 0 Å². The van der Waals surface area contributed by atoms with Crippen LogP contribution in [0, 0.1) is 41.9 Å². The van der Waals surface area contributed by atoms with Crippen molar-refractivity contribution in [2.24, 2.45) is 23.7 Å². The lowest BCUT2D eigenvalue weighted by Crippen LogP contribution is -2.25. The Hall–Kier alpha value is -5.65. The standard InChI is InChI=1S/C58H48N2/c1-30-51(44-14-6-10-35-8-2-4-12-42(35)44)55-48-27-46-37-18-31-16-32(19-37)21-38(20-31)47(46)28-49(48)60-50-26-41(29-59)53-39-22-33-17-34(23-39)25-40(24-33)54(53)56(50)57(58(55)60)52(30)45-15-7-11-36-9-3-5-13-43(36)45/h2-15,26-28,31-34,37-40H,16-25H2,1H3. The topological polar surface area (TPSA) is 28.2 Å². The van der Waals surface area contributed by atoms with Crippen LogP contribution >= 0.6 is 0 Å². The molecule has 0 amide bonds. The first-order valence-electron chi connectivity index (χ1n) is 23.3. The second-order valence-corrected chi connectivity index (χ2v) is 20.7. The third-order valence-corrected chi connectivity index (χ3v) is 17.7. The summed E-state index contributed by atoms with van der Waals surface area (Å²) in [5.74, 6) is 5.61. The van der Waals surface area contributed by atoms with E-state index in [1.165, 1.54) is 157 Å². The molecule has 0 spiro atoms. The van der Waals surface area contributed by atoms with Gasteiger partial charge in [0.1, 0.15) is 0 Å². The normalized spacial score (nSPS) is 27.4. The van der Waals surface area contributed by atoms with Crippen molar-refractivity contribution in [1.29, 1.82) is 5.26 Å². The second kappa shape index (κ2) is 11.6. The molecule has 0 N–H and O–H groups in total. The molecule has 60 heavy (non-hydrogen) atoms. The Labute approximate surface area is 351 Å². The molecule has 2 aromatic heterocycles. The van der Waals surface area contributed by atoms with Crippen molar-refractivity contribution < 1.29 is 0 Å². The first kappa shape index (κ1) is 33.1. The summed E-state index contributed by atoms with van der Waals surface area (Å²) < 4.78 is 2.73. The molecule has 7 aromatic carbocycles. The molecule has 0 saturated heterocycles. The Bertz CT molecular complexity index is 3390. The first-order valence-corrected chi connectivity index (χ1v) is 23.3. The van der Waals surface area contributed by atoms with Gasteiger partial charge in [-0.1, -0.05) is 84.9 Å². The minimum Gasteiger partial charge on any atom is -0.308 e. The SMILES string of the molecule is Cc1c(-c2cccc3ccccc23)c2c3cc4c(cc3n3c5cc(C#N)c6c(c5c(c1-c1cccc5ccccc15)c23)C1CC2CC(CC6C2)C1)C1CC2CC(CC4C2)C1. The smallest absolute Gasteiger partial charge is 0.0995 e. The average Bonchev–Trinajstić information content (AvgIpc) is 3.63. The van der Waals surface area contributed by atoms with Gasteiger partial charge in [0.25, 0.3) is 0 Å². The summed E-state index contributed by atoms with van der Waals surface area (Å²) in [5, 5.41) is 22.2. The molecule has 2 heteroatoms. The quantitative estimate of drug-likeness (QED) is 0.172. The molecule has 0 radical (unpaired) electrons. The van der Waals surface area contributed by atoms with E-state index in [9.17, 15) is 5.26 Å². The third-order valence-electron chi connectivity index (χ3n) is 17.7. The molecule has 8 bridgehead atoms. The summed E-state index contributed by atoms with van der Waals surface area (Å²) in [6.45, 7) is 2.46. The van der Waals surface area contributed by atoms with E-state index in [0.29, 0.717) is 23.7 Å². The average molecular weight is 773 g/mol. The molecule has 2 nitrogen and oxygen atoms in total. The minimum absolute atomic E-state index is 0.488. The zero-order chi connectivity index (χ0) is 39.1. The molecule has 4 unspecified atom stereocenters. The van der Waals surface area contributed by atoms with Crippen LogP contribution in [0.5, 0.6) is 0 Å². The van der Waals surface area contributed by atoms with E-state index in [1.54, 1.807) is 16.7 Å². The van der Waals surface area contributed by atoms with Crippen LogP contribution in [0.25, 0.3) is 81.9 Å². The summed E-state index contributed by atoms with van der Waals surface area (Å²) in [5.41, 5.74) is 18.1. The predicted molar refractivity (Wildman–Crippen MR) is 248 cm³/mol. The highest BCUT2D eigenvalue weighted by atomic mass is 14.9. The van der Waals surface area contributed by atoms with Crippen molar-refractivity contribution in [3.05, 3.63) is 137 Å². The second-order valence-electron chi connectivity index (χ2n) is 20.7. The van der Waals surface area contributed by atoms with Gasteiger partial charge in [0.15, 0.2) is 0 Å². The third kappa shape index (κ3) is 4.15. The Balaban J connectivity index is 1.21. The van der Waals surface area contributed by atoms with E-state index in [1.807, 2.05) is 0 Å². The Morgan fingerprint density at radius 3 is 1.60 bits per heavy atom. The Morgan fingerprint density at radius 2 is 1.00 bits per heavy atom. The fraction of sp³-hybridized carbons (Fsp3) is 0.328. The lowest BCUT2D eigenvalue weighted by atomic mass is 9.67. The number of rotatable bonds is 2. The summed E-state index contributed by atoms with van der Waals surface area (Å²) >= 11 is 0. The molecular formula is C58H48N2. The largest absolute Gasteiger partial charge is 0.308 e. The molecule has 8 aliphatic rings. The highest BCUT2D eigenvalue weighted by molar-refractivity contribution is 6.33. The molecule has 4 fully saturated rings. The molecule has 8 aliphatic carbocycles. The summed E-state index contributed by atoms with van der Waals surface area (Å²) in [7, 11) is 0. The van der Waals surface area contributed by atoms with Crippen LogP contribution in [-0.4, -0.2) is 4.40 Å². The number of aromatic nitrogens is 1. The van der Waals surface area contributed by atoms with Gasteiger partial charge >= 0.3 is 0 Å². The van der Waals surface area contributed by atoms with Crippen molar-refractivity contribution in [3.63, 3.8) is 0 Å². The van der Waals surface area contributed by atoms with Gasteiger partial charge < -0.3 is 4.40 Å². The number of nitrogens with zero attached hydrogens (tertiary/aromatic N) is 2. The van der Waals surface area contributed by atoms with E-state index >= 15 is 0 Å². The lowest BCUT2D eigenvalue weighted by molar-refractivity contribution is 0.166. The van der Waals surface area contributed by atoms with E-state index in [4.69, 9.17) is 0 Å². The van der Waals surface area contributed by atoms with Crippen molar-refractivity contribution in [1.82, 2.24) is 4.40 Å². The highest BCUT2D eigenvalue weighted by Gasteiger charge is 2.46. The van der Waals surface area contributed by atoms with Gasteiger partial charge in [0.05, 0.1) is 28.2 Å². The molecule has 290 valence electrons. The fourth-order valence-corrected chi connectivity index (χ4v) is 16.0. The maximum Gasteiger partial charge on any atom is 0.0995 e. The van der Waals surface area contributed by atoms with Crippen LogP contribution in [0.4, 0.5) is 0 Å². The van der Waals surface area contributed by atoms with Gasteiger partial charge in [0, 0.05) is 21.5 Å². The molecular weight excluding hydrogens is 725 g/mol. The van der Waals surface area contributed by atoms with Gasteiger partial charge in [-0.3, -0.25) is 0 Å². The van der Waals surface area contributed by atoms with Gasteiger partial charge in [-0.25, -0.2) is 0 Å². The van der Waals surface area contributed by atoms with E-state index < -0.39 is 0 Å². The molecule has 17 rings (SSSR count). The Morgan fingerprint density at radius 1 is 0.483 bits per heavy atom. The van der Waals surface area contributed by atoms with E-state index in [2.05, 4.69) is 121 Å². The van der Waals surface area contributed by atoms with Crippen molar-refractivity contribution in [2.75, 3.05) is 0 Å². The number of hydrogen-bond acceptors (Lipinski definition) is 1. The maximum absolute atomic E-state index is 11.2. The van der Waals surface area contributed by atoms with Crippen LogP contribution in [0.3, 0.4) is 0 Å². The van der Waals surface area contributed by atoms with Gasteiger partial charge in [-0.15, -0.1) is 0 Å². The van der Waals surface area contributed by atoms with Crippen molar-refractivity contribution in [2.45, 2.75) is 94.8 Å². The zero-order valence-corrected chi connectivity index (χ0v) is 34.4. The number of benzene rings is 7. The van der Waals surface area contributed by atoms with Crippen LogP contribution in [0.2, 0.25) is 0 Å². The predicted octanol–water partition coefficient (Wildman–Crippen LogP) is 15.4. The molecule has 0 aliphatic heterocycles. The highest BCUT2D eigenvalue weighted by Crippen LogP contribution is 2.62. The van der Waals surface area contributed by atoms with E-state index in [0.717, 1.165) is 29.2 Å². The molecule has 4 saturated carbocycles. The van der Waals surface area contributed by atoms with Crippen LogP contribution in [0.15, 0.2) is 103 Å². The first-order chi connectivity index (χ1) is 29.6. The zero-order valence-electron chi connectivity index (χ0n) is 34.4. The molecule has 9 aromatic rings. The fourth-order valence-electron chi connectivity index (χ4n) is 16.0. The molecule has 4 atom stereocenters. The number of nitriles is 1. The van der Waals surface area contributed by atoms with Crippen molar-refractivity contribution >= 4 is 59.6 Å². The Kier molecular flexibility index (Phi) is 6.39. The number of hydrogen-bond donors (Lipinski definition) is 0. The summed E-state index contributed by atoms with van der Waals surface area (Å²) in [6, 6.07) is 42.8. The number of fused-ring (bicyclic) bond motifs is 8. The van der Waals surface area contributed by atoms with Crippen LogP contribution in [0.1, 0.15) is 121 Å². The molecule has 2 heterocycles. The van der Waals surface area contributed by atoms with Crippen LogP contribution in [-0.2, 0) is 0 Å². The lowest BCUT2D eigenvalue weighted by Gasteiger charge is -2.38. The monoisotopic (exact) mass is 772 g/mol. The van der Waals surface area contributed by atoms with Crippen molar-refractivity contribution in [3.8, 4) is 28.3 Å². The van der Waals surface area contributed by atoms with Gasteiger partial charge in [0.2, 0.25) is 0 Å². The summed E-state index contributed by atoms with van der Waals surface area (Å²) in [6.07, 6.45) is 13.3. The van der Waals surface area contributed by atoms with Gasteiger partial charge in [-0.05, 0) is 208 Å². The van der Waals surface area contributed by atoms with E-state index in [-0.39, 0.29) is 0 Å².